The van der Waals surface area contributed by atoms with Crippen LogP contribution in [0.15, 0.2) is 140 Å². The lowest BCUT2D eigenvalue weighted by Crippen LogP contribution is -2.26. The molecule has 3 heterocycles. The summed E-state index contributed by atoms with van der Waals surface area (Å²) >= 11 is 0. The van der Waals surface area contributed by atoms with E-state index in [0.717, 1.165) is 44.1 Å². The van der Waals surface area contributed by atoms with Gasteiger partial charge in [0.05, 0.1) is 27.8 Å². The smallest absolute Gasteiger partial charge is 0.0965 e. The van der Waals surface area contributed by atoms with E-state index in [1.54, 1.807) is 0 Å². The van der Waals surface area contributed by atoms with Gasteiger partial charge in [0.15, 0.2) is 0 Å². The molecule has 0 bridgehead atoms. The predicted molar refractivity (Wildman–Crippen MR) is 174 cm³/mol. The lowest BCUT2D eigenvalue weighted by Gasteiger charge is -2.31. The molecule has 0 amide bonds. The maximum Gasteiger partial charge on any atom is 0.0965 e. The van der Waals surface area contributed by atoms with Gasteiger partial charge < -0.3 is 0 Å². The Morgan fingerprint density at radius 1 is 0.465 bits per heavy atom. The Hall–Kier alpha value is -5.67. The van der Waals surface area contributed by atoms with Crippen molar-refractivity contribution in [3.63, 3.8) is 0 Å². The van der Waals surface area contributed by atoms with Crippen molar-refractivity contribution in [2.24, 2.45) is 0 Å². The molecule has 8 aromatic rings. The first-order valence-corrected chi connectivity index (χ1v) is 14.7. The number of nitrogens with zero attached hydrogens (tertiary/aromatic N) is 3. The number of benzene rings is 5. The van der Waals surface area contributed by atoms with Crippen molar-refractivity contribution in [1.82, 2.24) is 15.0 Å². The van der Waals surface area contributed by atoms with E-state index in [1.807, 2.05) is 18.5 Å². The number of fused-ring (bicyclic) bond motifs is 15. The van der Waals surface area contributed by atoms with Gasteiger partial charge in [0.25, 0.3) is 0 Å². The van der Waals surface area contributed by atoms with E-state index in [-0.39, 0.29) is 0 Å². The summed E-state index contributed by atoms with van der Waals surface area (Å²) < 4.78 is 0. The molecule has 198 valence electrons. The van der Waals surface area contributed by atoms with Crippen LogP contribution >= 0.6 is 0 Å². The Morgan fingerprint density at radius 2 is 1.07 bits per heavy atom. The Labute approximate surface area is 248 Å². The van der Waals surface area contributed by atoms with Crippen molar-refractivity contribution in [3.8, 4) is 33.6 Å². The highest BCUT2D eigenvalue weighted by Gasteiger charge is 2.53. The highest BCUT2D eigenvalue weighted by molar-refractivity contribution is 6.08. The molecule has 2 aliphatic carbocycles. The van der Waals surface area contributed by atoms with E-state index in [4.69, 9.17) is 9.97 Å². The standard InChI is InChI=1S/C40H23N3/c1-2-14-30-29(13-1)35-39(43-36(30)26-22-25-20-19-24-10-9-21-41-37(24)38(25)42-23-26)31-15-5-8-18-34(31)40(35)32-16-6-3-11-27(32)28-12-4-7-17-33(28)40/h1-23H. The van der Waals surface area contributed by atoms with Gasteiger partial charge in [0.1, 0.15) is 0 Å². The minimum atomic E-state index is -0.434. The Morgan fingerprint density at radius 3 is 1.84 bits per heavy atom. The molecule has 3 nitrogen and oxygen atoms in total. The largest absolute Gasteiger partial charge is 0.254 e. The molecule has 0 saturated carbocycles. The fourth-order valence-electron chi connectivity index (χ4n) is 7.87. The van der Waals surface area contributed by atoms with Gasteiger partial charge in [-0.2, -0.15) is 0 Å². The van der Waals surface area contributed by atoms with Gasteiger partial charge in [-0.05, 0) is 45.3 Å². The van der Waals surface area contributed by atoms with Crippen LogP contribution in [0, 0.1) is 0 Å². The molecule has 0 unspecified atom stereocenters. The lowest BCUT2D eigenvalue weighted by atomic mass is 9.69. The van der Waals surface area contributed by atoms with E-state index in [2.05, 4.69) is 126 Å². The summed E-state index contributed by atoms with van der Waals surface area (Å²) in [6.45, 7) is 0. The number of pyridine rings is 3. The molecular weight excluding hydrogens is 522 g/mol. The predicted octanol–water partition coefficient (Wildman–Crippen LogP) is 9.34. The molecule has 0 atom stereocenters. The normalized spacial score (nSPS) is 13.8. The minimum absolute atomic E-state index is 0.434. The first-order valence-electron chi connectivity index (χ1n) is 14.7. The van der Waals surface area contributed by atoms with Gasteiger partial charge >= 0.3 is 0 Å². The lowest BCUT2D eigenvalue weighted by molar-refractivity contribution is 0.799. The third-order valence-electron chi connectivity index (χ3n) is 9.52. The van der Waals surface area contributed by atoms with Crippen molar-refractivity contribution >= 4 is 32.6 Å². The number of hydrogen-bond donors (Lipinski definition) is 0. The van der Waals surface area contributed by atoms with Crippen molar-refractivity contribution in [2.75, 3.05) is 0 Å². The van der Waals surface area contributed by atoms with Crippen LogP contribution in [0.4, 0.5) is 0 Å². The van der Waals surface area contributed by atoms with Crippen molar-refractivity contribution in [3.05, 3.63) is 162 Å². The topological polar surface area (TPSA) is 38.7 Å². The van der Waals surface area contributed by atoms with E-state index in [0.29, 0.717) is 0 Å². The maximum atomic E-state index is 5.57. The van der Waals surface area contributed by atoms with Crippen molar-refractivity contribution < 1.29 is 0 Å². The summed E-state index contributed by atoms with van der Waals surface area (Å²) in [5.74, 6) is 0. The van der Waals surface area contributed by atoms with E-state index in [1.165, 1.54) is 44.3 Å². The zero-order chi connectivity index (χ0) is 28.1. The third kappa shape index (κ3) is 2.81. The first kappa shape index (κ1) is 23.0. The van der Waals surface area contributed by atoms with Gasteiger partial charge in [0, 0.05) is 45.2 Å². The van der Waals surface area contributed by atoms with Crippen LogP contribution in [0.1, 0.15) is 22.3 Å². The van der Waals surface area contributed by atoms with Crippen LogP contribution in [0.3, 0.4) is 0 Å². The molecule has 5 aromatic carbocycles. The summed E-state index contributed by atoms with van der Waals surface area (Å²) in [5.41, 5.74) is 13.4. The summed E-state index contributed by atoms with van der Waals surface area (Å²) in [4.78, 5) is 15.2. The van der Waals surface area contributed by atoms with Crippen LogP contribution in [-0.2, 0) is 5.41 Å². The number of hydrogen-bond acceptors (Lipinski definition) is 3. The molecule has 43 heavy (non-hydrogen) atoms. The monoisotopic (exact) mass is 545 g/mol. The fraction of sp³-hybridized carbons (Fsp3) is 0.0250. The summed E-state index contributed by atoms with van der Waals surface area (Å²) in [6.07, 6.45) is 3.80. The van der Waals surface area contributed by atoms with Crippen LogP contribution < -0.4 is 0 Å². The molecule has 0 radical (unpaired) electrons. The summed E-state index contributed by atoms with van der Waals surface area (Å²) in [5, 5.41) is 4.52. The quantitative estimate of drug-likeness (QED) is 0.193. The first-order chi connectivity index (χ1) is 21.3. The van der Waals surface area contributed by atoms with Crippen LogP contribution in [0.5, 0.6) is 0 Å². The molecule has 1 spiro atoms. The summed E-state index contributed by atoms with van der Waals surface area (Å²) in [7, 11) is 0. The number of aromatic nitrogens is 3. The second kappa shape index (κ2) is 8.21. The molecule has 0 saturated heterocycles. The zero-order valence-corrected chi connectivity index (χ0v) is 23.1. The molecule has 10 rings (SSSR count). The zero-order valence-electron chi connectivity index (χ0n) is 23.1. The minimum Gasteiger partial charge on any atom is -0.254 e. The highest BCUT2D eigenvalue weighted by Crippen LogP contribution is 2.63. The van der Waals surface area contributed by atoms with Gasteiger partial charge in [0.2, 0.25) is 0 Å². The van der Waals surface area contributed by atoms with E-state index >= 15 is 0 Å². The second-order valence-electron chi connectivity index (χ2n) is 11.6. The molecule has 0 aliphatic heterocycles. The summed E-state index contributed by atoms with van der Waals surface area (Å²) in [6, 6.07) is 46.0. The van der Waals surface area contributed by atoms with Crippen molar-refractivity contribution in [1.29, 1.82) is 0 Å². The SMILES string of the molecule is c1ccc2c(c1)-c1ccccc1C21c2ccccc2-c2nc(-c3cnc4c(ccc5cccnc54)c3)c3ccccc3c21. The molecule has 0 fully saturated rings. The van der Waals surface area contributed by atoms with E-state index in [9.17, 15) is 0 Å². The second-order valence-corrected chi connectivity index (χ2v) is 11.6. The van der Waals surface area contributed by atoms with E-state index < -0.39 is 5.41 Å². The molecule has 2 aliphatic rings. The van der Waals surface area contributed by atoms with Crippen molar-refractivity contribution in [2.45, 2.75) is 5.41 Å². The number of rotatable bonds is 1. The van der Waals surface area contributed by atoms with Gasteiger partial charge in [-0.15, -0.1) is 0 Å². The Bertz CT molecular complexity index is 2430. The molecule has 3 aromatic heterocycles. The van der Waals surface area contributed by atoms with Crippen LogP contribution in [-0.4, -0.2) is 15.0 Å². The molecular formula is C40H23N3. The van der Waals surface area contributed by atoms with Gasteiger partial charge in [-0.3, -0.25) is 9.97 Å². The maximum absolute atomic E-state index is 5.57. The third-order valence-corrected chi connectivity index (χ3v) is 9.52. The van der Waals surface area contributed by atoms with Crippen LogP contribution in [0.25, 0.3) is 66.2 Å². The van der Waals surface area contributed by atoms with Gasteiger partial charge in [-0.25, -0.2) is 4.98 Å². The Kier molecular flexibility index (Phi) is 4.38. The fourth-order valence-corrected chi connectivity index (χ4v) is 7.87. The average molecular weight is 546 g/mol. The van der Waals surface area contributed by atoms with Gasteiger partial charge in [-0.1, -0.05) is 115 Å². The molecule has 0 N–H and O–H groups in total. The Balaban J connectivity index is 1.33. The van der Waals surface area contributed by atoms with Crippen LogP contribution in [0.2, 0.25) is 0 Å². The average Bonchev–Trinajstić information content (AvgIpc) is 3.55. The highest BCUT2D eigenvalue weighted by atomic mass is 14.8. The molecule has 3 heteroatoms.